The summed E-state index contributed by atoms with van der Waals surface area (Å²) in [5.41, 5.74) is 1.08. The molecule has 1 heterocycles. The van der Waals surface area contributed by atoms with Gasteiger partial charge in [0.15, 0.2) is 10.2 Å². The molecule has 0 aliphatic carbocycles. The van der Waals surface area contributed by atoms with Crippen molar-refractivity contribution in [2.45, 2.75) is 0 Å². The van der Waals surface area contributed by atoms with Crippen LogP contribution < -0.4 is 21.3 Å². The molecule has 0 saturated heterocycles. The van der Waals surface area contributed by atoms with Crippen LogP contribution in [0.15, 0.2) is 54.9 Å². The summed E-state index contributed by atoms with van der Waals surface area (Å²) >= 11 is 9.93. The Morgan fingerprint density at radius 1 is 0.786 bits per heavy atom. The van der Waals surface area contributed by atoms with Gasteiger partial charge in [0.05, 0.1) is 25.6 Å². The van der Waals surface area contributed by atoms with E-state index >= 15 is 0 Å². The summed E-state index contributed by atoms with van der Waals surface area (Å²) in [6, 6.07) is 12.6. The third kappa shape index (κ3) is 9.40. The number of hydrogen-bond donors (Lipinski definition) is 4. The van der Waals surface area contributed by atoms with Crippen LogP contribution in [-0.2, 0) is 9.47 Å². The van der Waals surface area contributed by atoms with Gasteiger partial charge < -0.3 is 20.1 Å². The molecule has 1 aromatic carbocycles. The molecular weight excluding hydrogens is 402 g/mol. The van der Waals surface area contributed by atoms with Crippen LogP contribution in [0.2, 0.25) is 0 Å². The second-order valence-corrected chi connectivity index (χ2v) is 5.53. The van der Waals surface area contributed by atoms with Crippen LogP contribution in [0.1, 0.15) is 0 Å². The average molecular weight is 422 g/mol. The van der Waals surface area contributed by atoms with Crippen LogP contribution in [0.3, 0.4) is 0 Å². The minimum atomic E-state index is -0.689. The van der Waals surface area contributed by atoms with E-state index in [1.54, 1.807) is 36.7 Å². The summed E-state index contributed by atoms with van der Waals surface area (Å²) in [5.74, 6) is 0. The third-order valence-electron chi connectivity index (χ3n) is 2.79. The lowest BCUT2D eigenvalue weighted by atomic mass is 10.2. The number of carbonyl (C=O) groups is 2. The number of nitrogens with one attached hydrogen (secondary N) is 4. The lowest BCUT2D eigenvalue weighted by molar-refractivity contribution is 0.176. The third-order valence-corrected chi connectivity index (χ3v) is 3.20. The molecule has 28 heavy (non-hydrogen) atoms. The topological polar surface area (TPSA) is 114 Å². The van der Waals surface area contributed by atoms with Crippen molar-refractivity contribution in [2.75, 3.05) is 24.9 Å². The Morgan fingerprint density at radius 3 is 1.50 bits per heavy atom. The SMILES string of the molecule is COC(=O)NC(=S)Nc1ccccc1NC(=S)NC(=O)OC.c1ccncc1. The highest BCUT2D eigenvalue weighted by Crippen LogP contribution is 2.20. The Labute approximate surface area is 172 Å². The van der Waals surface area contributed by atoms with Crippen LogP contribution in [0.5, 0.6) is 0 Å². The molecule has 0 bridgehead atoms. The fraction of sp³-hybridized carbons (Fsp3) is 0.118. The van der Waals surface area contributed by atoms with Crippen molar-refractivity contribution < 1.29 is 19.1 Å². The highest BCUT2D eigenvalue weighted by Gasteiger charge is 2.09. The smallest absolute Gasteiger partial charge is 0.413 e. The monoisotopic (exact) mass is 421 g/mol. The summed E-state index contributed by atoms with van der Waals surface area (Å²) < 4.78 is 8.87. The largest absolute Gasteiger partial charge is 0.453 e. The van der Waals surface area contributed by atoms with Gasteiger partial charge in [0.2, 0.25) is 0 Å². The van der Waals surface area contributed by atoms with Gasteiger partial charge in [-0.25, -0.2) is 9.59 Å². The van der Waals surface area contributed by atoms with E-state index in [9.17, 15) is 9.59 Å². The number of benzene rings is 1. The van der Waals surface area contributed by atoms with Gasteiger partial charge in [0.1, 0.15) is 0 Å². The highest BCUT2D eigenvalue weighted by atomic mass is 32.1. The molecule has 0 unspecified atom stereocenters. The number of ether oxygens (including phenoxy) is 2. The molecule has 0 spiro atoms. The van der Waals surface area contributed by atoms with Crippen molar-refractivity contribution >= 4 is 58.2 Å². The molecule has 0 aliphatic heterocycles. The van der Waals surface area contributed by atoms with E-state index in [1.807, 2.05) is 18.2 Å². The molecule has 148 valence electrons. The standard InChI is InChI=1S/C12H14N4O4S2.C5H5N/c1-19-11(17)15-9(21)13-7-5-3-4-6-8(7)14-10(22)16-12(18)20-2;1-2-4-6-5-3-1/h3-6H,1-2H3,(H2,13,15,17,21)(H2,14,16,18,22);1-5H. The number of thiocarbonyl (C=S) groups is 2. The zero-order chi connectivity index (χ0) is 20.8. The number of hydrogen-bond acceptors (Lipinski definition) is 7. The van der Waals surface area contributed by atoms with Crippen molar-refractivity contribution in [3.63, 3.8) is 0 Å². The number of amides is 2. The van der Waals surface area contributed by atoms with E-state index in [4.69, 9.17) is 24.4 Å². The van der Waals surface area contributed by atoms with Crippen molar-refractivity contribution in [3.05, 3.63) is 54.9 Å². The van der Waals surface area contributed by atoms with Gasteiger partial charge in [0, 0.05) is 12.4 Å². The van der Waals surface area contributed by atoms with Gasteiger partial charge in [-0.3, -0.25) is 15.6 Å². The molecule has 0 fully saturated rings. The zero-order valence-corrected chi connectivity index (χ0v) is 16.7. The second-order valence-electron chi connectivity index (χ2n) is 4.71. The van der Waals surface area contributed by atoms with Crippen LogP contribution in [-0.4, -0.2) is 41.6 Å². The quantitative estimate of drug-likeness (QED) is 0.544. The molecule has 9 nitrogen and oxygen atoms in total. The summed E-state index contributed by atoms with van der Waals surface area (Å²) in [4.78, 5) is 25.9. The number of carbonyl (C=O) groups excluding carboxylic acids is 2. The molecule has 0 radical (unpaired) electrons. The van der Waals surface area contributed by atoms with E-state index in [2.05, 4.69) is 35.7 Å². The summed E-state index contributed by atoms with van der Waals surface area (Å²) in [6.45, 7) is 0. The van der Waals surface area contributed by atoms with Crippen molar-refractivity contribution in [2.24, 2.45) is 0 Å². The number of aromatic nitrogens is 1. The number of rotatable bonds is 2. The minimum absolute atomic E-state index is 0.0490. The zero-order valence-electron chi connectivity index (χ0n) is 15.1. The number of anilines is 2. The Kier molecular flexibility index (Phi) is 10.5. The predicted octanol–water partition coefficient (Wildman–Crippen LogP) is 2.87. The van der Waals surface area contributed by atoms with Gasteiger partial charge >= 0.3 is 12.2 Å². The molecule has 0 aliphatic rings. The van der Waals surface area contributed by atoms with Gasteiger partial charge in [0.25, 0.3) is 0 Å². The van der Waals surface area contributed by atoms with E-state index in [0.29, 0.717) is 11.4 Å². The summed E-state index contributed by atoms with van der Waals surface area (Å²) in [7, 11) is 2.45. The Hall–Kier alpha value is -3.31. The van der Waals surface area contributed by atoms with E-state index in [1.165, 1.54) is 14.2 Å². The first-order chi connectivity index (χ1) is 13.5. The predicted molar refractivity (Wildman–Crippen MR) is 114 cm³/mol. The number of pyridine rings is 1. The molecule has 4 N–H and O–H groups in total. The number of methoxy groups -OCH3 is 2. The van der Waals surface area contributed by atoms with Crippen LogP contribution in [0.4, 0.5) is 21.0 Å². The number of alkyl carbamates (subject to hydrolysis) is 2. The van der Waals surface area contributed by atoms with E-state index < -0.39 is 12.2 Å². The summed E-state index contributed by atoms with van der Waals surface area (Å²) in [6.07, 6.45) is 2.12. The molecular formula is C17H19N5O4S2. The maximum Gasteiger partial charge on any atom is 0.413 e. The van der Waals surface area contributed by atoms with Crippen LogP contribution >= 0.6 is 24.4 Å². The Balaban J connectivity index is 0.000000552. The minimum Gasteiger partial charge on any atom is -0.453 e. The normalized spacial score (nSPS) is 8.93. The Bertz CT molecular complexity index is 727. The maximum absolute atomic E-state index is 11.1. The van der Waals surface area contributed by atoms with E-state index in [0.717, 1.165) is 0 Å². The van der Waals surface area contributed by atoms with E-state index in [-0.39, 0.29) is 10.2 Å². The molecule has 11 heteroatoms. The van der Waals surface area contributed by atoms with Crippen molar-refractivity contribution in [3.8, 4) is 0 Å². The Morgan fingerprint density at radius 2 is 1.21 bits per heavy atom. The van der Waals surface area contributed by atoms with Gasteiger partial charge in [-0.05, 0) is 48.7 Å². The molecule has 2 rings (SSSR count). The molecule has 2 aromatic rings. The van der Waals surface area contributed by atoms with Crippen molar-refractivity contribution in [1.82, 2.24) is 15.6 Å². The van der Waals surface area contributed by atoms with Crippen molar-refractivity contribution in [1.29, 1.82) is 0 Å². The first-order valence-corrected chi connectivity index (χ1v) is 8.53. The average Bonchev–Trinajstić information content (AvgIpc) is 2.70. The molecule has 2 amide bonds. The lowest BCUT2D eigenvalue weighted by Crippen LogP contribution is -2.35. The fourth-order valence-electron chi connectivity index (χ4n) is 1.61. The molecule has 1 aromatic heterocycles. The maximum atomic E-state index is 11.1. The van der Waals surface area contributed by atoms with Crippen LogP contribution in [0.25, 0.3) is 0 Å². The number of nitrogens with zero attached hydrogens (tertiary/aromatic N) is 1. The molecule has 0 atom stereocenters. The van der Waals surface area contributed by atoms with Crippen LogP contribution in [0, 0.1) is 0 Å². The first-order valence-electron chi connectivity index (χ1n) is 7.72. The lowest BCUT2D eigenvalue weighted by Gasteiger charge is -2.15. The summed E-state index contributed by atoms with van der Waals surface area (Å²) in [5, 5.41) is 10.3. The van der Waals surface area contributed by atoms with Gasteiger partial charge in [-0.15, -0.1) is 0 Å². The fourth-order valence-corrected chi connectivity index (χ4v) is 1.99. The first kappa shape index (κ1) is 22.7. The van der Waals surface area contributed by atoms with Gasteiger partial charge in [-0.1, -0.05) is 18.2 Å². The highest BCUT2D eigenvalue weighted by molar-refractivity contribution is 7.80. The molecule has 0 saturated carbocycles. The number of para-hydroxylation sites is 2. The van der Waals surface area contributed by atoms with Gasteiger partial charge in [-0.2, -0.15) is 0 Å². The second kappa shape index (κ2) is 12.9.